The molecule has 228 valence electrons. The van der Waals surface area contributed by atoms with E-state index in [4.69, 9.17) is 10.5 Å². The van der Waals surface area contributed by atoms with Gasteiger partial charge in [-0.05, 0) is 65.2 Å². The lowest BCUT2D eigenvalue weighted by Gasteiger charge is -2.24. The van der Waals surface area contributed by atoms with Gasteiger partial charge in [-0.2, -0.15) is 0 Å². The highest BCUT2D eigenvalue weighted by atomic mass is 16.6. The quantitative estimate of drug-likeness (QED) is 0.322. The van der Waals surface area contributed by atoms with E-state index < -0.39 is 23.6 Å². The first-order chi connectivity index (χ1) is 19.6. The minimum atomic E-state index is -0.709. The van der Waals surface area contributed by atoms with Crippen LogP contribution in [-0.2, 0) is 27.2 Å². The Morgan fingerprint density at radius 1 is 1.14 bits per heavy atom. The van der Waals surface area contributed by atoms with Crippen LogP contribution < -0.4 is 16.4 Å². The number of hydrogen-bond acceptors (Lipinski definition) is 8. The summed E-state index contributed by atoms with van der Waals surface area (Å²) >= 11 is 0. The maximum atomic E-state index is 12.7. The van der Waals surface area contributed by atoms with Crippen LogP contribution in [0.15, 0.2) is 36.4 Å². The van der Waals surface area contributed by atoms with E-state index in [-0.39, 0.29) is 29.9 Å². The van der Waals surface area contributed by atoms with Crippen molar-refractivity contribution >= 4 is 35.3 Å². The van der Waals surface area contributed by atoms with Crippen LogP contribution in [0.3, 0.4) is 0 Å². The molecule has 0 aliphatic carbocycles. The molecule has 0 aliphatic rings. The molecule has 1 atom stereocenters. The van der Waals surface area contributed by atoms with Crippen molar-refractivity contribution in [1.82, 2.24) is 25.1 Å². The molecular formula is C30H43N7O5. The Morgan fingerprint density at radius 2 is 1.83 bits per heavy atom. The van der Waals surface area contributed by atoms with Gasteiger partial charge >= 0.3 is 6.09 Å². The van der Waals surface area contributed by atoms with Crippen molar-refractivity contribution in [3.63, 3.8) is 0 Å². The second-order valence-electron chi connectivity index (χ2n) is 10.9. The molecule has 0 unspecified atom stereocenters. The molecule has 12 nitrogen and oxygen atoms in total. The number of benzene rings is 1. The topological polar surface area (TPSA) is 160 Å². The fourth-order valence-electron chi connectivity index (χ4n) is 3.78. The lowest BCUT2D eigenvalue weighted by atomic mass is 10.1. The van der Waals surface area contributed by atoms with Crippen molar-refractivity contribution in [3.8, 4) is 0 Å². The van der Waals surface area contributed by atoms with Gasteiger partial charge in [0, 0.05) is 38.9 Å². The minimum Gasteiger partial charge on any atom is -0.444 e. The predicted molar refractivity (Wildman–Crippen MR) is 161 cm³/mol. The average Bonchev–Trinajstić information content (AvgIpc) is 2.91. The van der Waals surface area contributed by atoms with E-state index in [1.165, 1.54) is 15.9 Å². The number of aryl methyl sites for hydroxylation is 2. The summed E-state index contributed by atoms with van der Waals surface area (Å²) in [6, 6.07) is 6.78. The molecule has 0 radical (unpaired) electrons. The number of nitrogens with two attached hydrogens (primary N) is 1. The van der Waals surface area contributed by atoms with Crippen LogP contribution in [0, 0.1) is 6.92 Å². The zero-order valence-corrected chi connectivity index (χ0v) is 25.8. The molecule has 2 aromatic rings. The van der Waals surface area contributed by atoms with E-state index in [2.05, 4.69) is 20.6 Å². The van der Waals surface area contributed by atoms with Crippen LogP contribution in [0.1, 0.15) is 62.1 Å². The van der Waals surface area contributed by atoms with Crippen molar-refractivity contribution in [2.24, 2.45) is 5.73 Å². The standard InChI is InChI=1S/C30H43N7O5/c1-9-23-19(2)33-27(25(35-23)26(31)39)34-22-13-10-12-21(18-22)15-16-32-28(40)20(3)37(8)24(38)14-11-17-36(7)29(41)42-30(4,5)6/h10-14,18,20H,9,15-17H2,1-8H3,(H2,31,39)(H,32,40)(H,33,34)/b14-11+/t20-/m0/s1. The van der Waals surface area contributed by atoms with Gasteiger partial charge in [-0.25, -0.2) is 14.8 Å². The highest BCUT2D eigenvalue weighted by Crippen LogP contribution is 2.21. The Labute approximate surface area is 247 Å². The van der Waals surface area contributed by atoms with E-state index in [0.717, 1.165) is 5.56 Å². The number of nitrogens with zero attached hydrogens (tertiary/aromatic N) is 4. The van der Waals surface area contributed by atoms with E-state index in [0.29, 0.717) is 36.5 Å². The molecule has 0 saturated carbocycles. The number of ether oxygens (including phenoxy) is 1. The van der Waals surface area contributed by atoms with Crippen molar-refractivity contribution in [1.29, 1.82) is 0 Å². The molecule has 12 heteroatoms. The summed E-state index contributed by atoms with van der Waals surface area (Å²) in [5.41, 5.74) is 8.05. The van der Waals surface area contributed by atoms with E-state index in [9.17, 15) is 19.2 Å². The Kier molecular flexibility index (Phi) is 12.0. The summed E-state index contributed by atoms with van der Waals surface area (Å²) in [6.07, 6.45) is 3.55. The summed E-state index contributed by atoms with van der Waals surface area (Å²) in [5.74, 6) is -1.05. The first kappa shape index (κ1) is 33.7. The first-order valence-electron chi connectivity index (χ1n) is 13.8. The van der Waals surface area contributed by atoms with Crippen molar-refractivity contribution < 1.29 is 23.9 Å². The Hall–Kier alpha value is -4.48. The van der Waals surface area contributed by atoms with E-state index in [1.807, 2.05) is 38.1 Å². The smallest absolute Gasteiger partial charge is 0.410 e. The summed E-state index contributed by atoms with van der Waals surface area (Å²) in [5, 5.41) is 5.99. The van der Waals surface area contributed by atoms with Gasteiger partial charge in [-0.15, -0.1) is 0 Å². The average molecular weight is 582 g/mol. The molecule has 0 saturated heterocycles. The van der Waals surface area contributed by atoms with E-state index >= 15 is 0 Å². The zero-order chi connectivity index (χ0) is 31.6. The van der Waals surface area contributed by atoms with Crippen molar-refractivity contribution in [3.05, 3.63) is 59.1 Å². The van der Waals surface area contributed by atoms with Crippen LogP contribution in [-0.4, -0.2) is 82.4 Å². The first-order valence-corrected chi connectivity index (χ1v) is 13.8. The highest BCUT2D eigenvalue weighted by molar-refractivity contribution is 5.96. The number of amides is 4. The number of likely N-dealkylation sites (N-methyl/N-ethyl adjacent to an activating group) is 2. The van der Waals surface area contributed by atoms with Gasteiger partial charge in [0.25, 0.3) is 5.91 Å². The van der Waals surface area contributed by atoms with Gasteiger partial charge < -0.3 is 30.9 Å². The van der Waals surface area contributed by atoms with Crippen LogP contribution in [0.25, 0.3) is 0 Å². The molecule has 2 rings (SSSR count). The van der Waals surface area contributed by atoms with Gasteiger partial charge in [0.05, 0.1) is 11.4 Å². The summed E-state index contributed by atoms with van der Waals surface area (Å²) in [7, 11) is 3.12. The third-order valence-electron chi connectivity index (χ3n) is 6.29. The molecular weight excluding hydrogens is 538 g/mol. The van der Waals surface area contributed by atoms with Crippen LogP contribution in [0.4, 0.5) is 16.3 Å². The summed E-state index contributed by atoms with van der Waals surface area (Å²) in [6.45, 7) is 11.3. The maximum absolute atomic E-state index is 12.7. The second kappa shape index (κ2) is 14.9. The largest absolute Gasteiger partial charge is 0.444 e. The number of carbonyl (C=O) groups excluding carboxylic acids is 4. The fraction of sp³-hybridized carbons (Fsp3) is 0.467. The molecule has 0 aliphatic heterocycles. The molecule has 0 spiro atoms. The summed E-state index contributed by atoms with van der Waals surface area (Å²) in [4.78, 5) is 60.8. The lowest BCUT2D eigenvalue weighted by molar-refractivity contribution is -0.135. The Bertz CT molecular complexity index is 1320. The number of aromatic nitrogens is 2. The minimum absolute atomic E-state index is 0.0766. The number of primary amides is 1. The SMILES string of the molecule is CCc1nc(C(N)=O)c(Nc2cccc(CCNC(=O)[C@H](C)N(C)C(=O)/C=C/CN(C)C(=O)OC(C)(C)C)c2)nc1C. The molecule has 0 fully saturated rings. The van der Waals surface area contributed by atoms with Crippen LogP contribution >= 0.6 is 0 Å². The van der Waals surface area contributed by atoms with Crippen LogP contribution in [0.5, 0.6) is 0 Å². The number of rotatable bonds is 12. The molecule has 4 amide bonds. The second-order valence-corrected chi connectivity index (χ2v) is 10.9. The van der Waals surface area contributed by atoms with E-state index in [1.54, 1.807) is 47.9 Å². The zero-order valence-electron chi connectivity index (χ0n) is 25.8. The van der Waals surface area contributed by atoms with Gasteiger partial charge in [-0.3, -0.25) is 14.4 Å². The predicted octanol–water partition coefficient (Wildman–Crippen LogP) is 3.12. The Balaban J connectivity index is 1.91. The monoisotopic (exact) mass is 581 g/mol. The third-order valence-corrected chi connectivity index (χ3v) is 6.29. The number of anilines is 2. The van der Waals surface area contributed by atoms with Gasteiger partial charge in [0.15, 0.2) is 11.5 Å². The highest BCUT2D eigenvalue weighted by Gasteiger charge is 2.22. The molecule has 0 bridgehead atoms. The van der Waals surface area contributed by atoms with Gasteiger partial charge in [-0.1, -0.05) is 25.1 Å². The van der Waals surface area contributed by atoms with Gasteiger partial charge in [0.2, 0.25) is 11.8 Å². The normalized spacial score (nSPS) is 12.0. The maximum Gasteiger partial charge on any atom is 0.410 e. The van der Waals surface area contributed by atoms with Crippen molar-refractivity contribution in [2.45, 2.75) is 66.0 Å². The molecule has 1 aromatic heterocycles. The molecule has 1 heterocycles. The summed E-state index contributed by atoms with van der Waals surface area (Å²) < 4.78 is 5.28. The van der Waals surface area contributed by atoms with Crippen molar-refractivity contribution in [2.75, 3.05) is 32.5 Å². The Morgan fingerprint density at radius 3 is 2.45 bits per heavy atom. The molecule has 1 aromatic carbocycles. The number of hydrogen-bond donors (Lipinski definition) is 3. The fourth-order valence-corrected chi connectivity index (χ4v) is 3.78. The third kappa shape index (κ3) is 10.2. The lowest BCUT2D eigenvalue weighted by Crippen LogP contribution is -2.45. The molecule has 4 N–H and O–H groups in total. The molecule has 42 heavy (non-hydrogen) atoms. The number of nitrogens with one attached hydrogen (secondary N) is 2. The number of carbonyl (C=O) groups is 4. The van der Waals surface area contributed by atoms with Gasteiger partial charge in [0.1, 0.15) is 11.6 Å². The van der Waals surface area contributed by atoms with Crippen LogP contribution in [0.2, 0.25) is 0 Å².